The number of hydrogen-bond donors (Lipinski definition) is 4. The van der Waals surface area contributed by atoms with E-state index in [0.717, 1.165) is 37.7 Å². The summed E-state index contributed by atoms with van der Waals surface area (Å²) in [6, 6.07) is 15.4. The Kier molecular flexibility index (Phi) is 12.8. The van der Waals surface area contributed by atoms with Crippen LogP contribution in [-0.2, 0) is 22.4 Å². The number of fused-ring (bicyclic) bond motifs is 5. The number of phenolic OH excluding ortho intramolecular Hbond substituents is 1. The number of carbonyl (C=O) groups is 2. The fraction of sp³-hybridized carbons (Fsp3) is 0.659. The van der Waals surface area contributed by atoms with E-state index >= 15 is 0 Å². The SMILES string of the molecule is CCC(=O)N[C@@H](Cc1ccccc1)C(=O)NCCCCCCCCCCC[C@@H]1Cc2cc(O)ccc2[C@H]2CC[C@]3(C)[C@@H](O)CC[C@H]3[C@H]12. The molecule has 7 atom stereocenters. The molecule has 3 aliphatic rings. The lowest BCUT2D eigenvalue weighted by molar-refractivity contribution is -0.128. The molecule has 2 aromatic rings. The van der Waals surface area contributed by atoms with Gasteiger partial charge in [-0.1, -0.05) is 102 Å². The van der Waals surface area contributed by atoms with Crippen LogP contribution in [0, 0.1) is 23.2 Å². The van der Waals surface area contributed by atoms with Crippen LogP contribution in [0.3, 0.4) is 0 Å². The van der Waals surface area contributed by atoms with E-state index in [1.165, 1.54) is 75.3 Å². The van der Waals surface area contributed by atoms with Crippen molar-refractivity contribution in [2.75, 3.05) is 6.54 Å². The number of nitrogens with one attached hydrogen (secondary N) is 2. The fourth-order valence-corrected chi connectivity index (χ4v) is 9.49. The second-order valence-electron chi connectivity index (χ2n) is 15.2. The lowest BCUT2D eigenvalue weighted by Gasteiger charge is -2.53. The smallest absolute Gasteiger partial charge is 0.242 e. The summed E-state index contributed by atoms with van der Waals surface area (Å²) >= 11 is 0. The molecule has 0 spiro atoms. The molecule has 0 aliphatic heterocycles. The summed E-state index contributed by atoms with van der Waals surface area (Å²) in [5, 5.41) is 27.1. The highest BCUT2D eigenvalue weighted by atomic mass is 16.3. The van der Waals surface area contributed by atoms with Crippen molar-refractivity contribution < 1.29 is 19.8 Å². The maximum absolute atomic E-state index is 12.8. The van der Waals surface area contributed by atoms with Crippen molar-refractivity contribution in [3.63, 3.8) is 0 Å². The number of aliphatic hydroxyl groups is 1. The van der Waals surface area contributed by atoms with Crippen molar-refractivity contribution in [2.45, 2.75) is 141 Å². The third kappa shape index (κ3) is 8.99. The van der Waals surface area contributed by atoms with Gasteiger partial charge in [0.05, 0.1) is 6.10 Å². The number of aromatic hydroxyl groups is 1. The molecule has 0 saturated heterocycles. The van der Waals surface area contributed by atoms with Crippen LogP contribution >= 0.6 is 0 Å². The molecule has 0 aromatic heterocycles. The van der Waals surface area contributed by atoms with E-state index in [-0.39, 0.29) is 23.3 Å². The van der Waals surface area contributed by atoms with Crippen molar-refractivity contribution in [1.29, 1.82) is 0 Å². The Hall–Kier alpha value is -2.86. The average Bonchev–Trinajstić information content (AvgIpc) is 3.38. The molecule has 2 aromatic carbocycles. The Balaban J connectivity index is 0.964. The van der Waals surface area contributed by atoms with E-state index in [4.69, 9.17) is 0 Å². The molecule has 2 fully saturated rings. The van der Waals surface area contributed by atoms with Crippen molar-refractivity contribution in [2.24, 2.45) is 23.2 Å². The molecule has 2 saturated carbocycles. The number of unbranched alkanes of at least 4 members (excludes halogenated alkanes) is 8. The zero-order valence-corrected chi connectivity index (χ0v) is 29.0. The Morgan fingerprint density at radius 3 is 2.34 bits per heavy atom. The molecule has 47 heavy (non-hydrogen) atoms. The van der Waals surface area contributed by atoms with Gasteiger partial charge >= 0.3 is 0 Å². The van der Waals surface area contributed by atoms with E-state index in [1.807, 2.05) is 42.5 Å². The Morgan fingerprint density at radius 1 is 0.915 bits per heavy atom. The molecule has 3 aliphatic carbocycles. The summed E-state index contributed by atoms with van der Waals surface area (Å²) in [4.78, 5) is 24.8. The fourth-order valence-electron chi connectivity index (χ4n) is 9.49. The normalized spacial score (nSPS) is 26.9. The van der Waals surface area contributed by atoms with Crippen molar-refractivity contribution in [1.82, 2.24) is 10.6 Å². The van der Waals surface area contributed by atoms with Gasteiger partial charge in [-0.2, -0.15) is 0 Å². The monoisotopic (exact) mass is 644 g/mol. The molecule has 0 heterocycles. The first-order valence-electron chi connectivity index (χ1n) is 18.9. The molecule has 5 rings (SSSR count). The van der Waals surface area contributed by atoms with Crippen LogP contribution < -0.4 is 10.6 Å². The second-order valence-corrected chi connectivity index (χ2v) is 15.2. The number of aliphatic hydroxyl groups excluding tert-OH is 1. The number of amides is 2. The molecule has 2 amide bonds. The van der Waals surface area contributed by atoms with Gasteiger partial charge in [-0.15, -0.1) is 0 Å². The molecule has 0 radical (unpaired) electrons. The minimum atomic E-state index is -0.535. The molecule has 0 bridgehead atoms. The summed E-state index contributed by atoms with van der Waals surface area (Å²) in [6.45, 7) is 4.82. The van der Waals surface area contributed by atoms with E-state index < -0.39 is 6.04 Å². The lowest BCUT2D eigenvalue weighted by atomic mass is 9.52. The van der Waals surface area contributed by atoms with Gasteiger partial charge in [0.15, 0.2) is 0 Å². The van der Waals surface area contributed by atoms with Crippen molar-refractivity contribution >= 4 is 11.8 Å². The van der Waals surface area contributed by atoms with Gasteiger partial charge < -0.3 is 20.8 Å². The maximum Gasteiger partial charge on any atom is 0.242 e. The van der Waals surface area contributed by atoms with Gasteiger partial charge in [0.1, 0.15) is 11.8 Å². The van der Waals surface area contributed by atoms with Gasteiger partial charge in [-0.05, 0) is 103 Å². The van der Waals surface area contributed by atoms with E-state index in [9.17, 15) is 19.8 Å². The third-order valence-electron chi connectivity index (χ3n) is 12.1. The quantitative estimate of drug-likeness (QED) is 0.131. The highest BCUT2D eigenvalue weighted by Crippen LogP contribution is 2.62. The van der Waals surface area contributed by atoms with Gasteiger partial charge in [-0.25, -0.2) is 0 Å². The van der Waals surface area contributed by atoms with Gasteiger partial charge in [0, 0.05) is 19.4 Å². The van der Waals surface area contributed by atoms with E-state index in [1.54, 1.807) is 6.92 Å². The summed E-state index contributed by atoms with van der Waals surface area (Å²) in [6.07, 6.45) is 18.4. The first kappa shape index (κ1) is 35.4. The number of carbonyl (C=O) groups excluding carboxylic acids is 2. The summed E-state index contributed by atoms with van der Waals surface area (Å²) in [5.41, 5.74) is 3.97. The molecule has 4 N–H and O–H groups in total. The Morgan fingerprint density at radius 2 is 1.62 bits per heavy atom. The van der Waals surface area contributed by atoms with E-state index in [2.05, 4.69) is 23.6 Å². The summed E-state index contributed by atoms with van der Waals surface area (Å²) < 4.78 is 0. The number of hydrogen-bond acceptors (Lipinski definition) is 4. The molecular weight excluding hydrogens is 584 g/mol. The van der Waals surface area contributed by atoms with Crippen LogP contribution in [0.5, 0.6) is 5.75 Å². The van der Waals surface area contributed by atoms with Gasteiger partial charge in [0.2, 0.25) is 11.8 Å². The first-order valence-corrected chi connectivity index (χ1v) is 18.9. The third-order valence-corrected chi connectivity index (χ3v) is 12.1. The van der Waals surface area contributed by atoms with Crippen LogP contribution in [0.25, 0.3) is 0 Å². The predicted molar refractivity (Wildman–Crippen MR) is 189 cm³/mol. The summed E-state index contributed by atoms with van der Waals surface area (Å²) in [5.74, 6) is 2.72. The largest absolute Gasteiger partial charge is 0.508 e. The number of phenols is 1. The zero-order valence-electron chi connectivity index (χ0n) is 29.0. The standard InChI is InChI=1S/C41H60N2O4/c1-3-38(46)43-36(26-29-16-12-11-13-17-29)40(47)42-25-15-10-8-6-4-5-7-9-14-18-30-27-31-28-32(44)19-20-33(31)34-23-24-41(2)35(39(30)34)21-22-37(41)45/h11-13,16-17,19-20,28,30,34-37,39,44-45H,3-10,14-15,18,21-27H2,1-2H3,(H,42,47)(H,43,46)/t30-,34-,35+,36+,37+,39-,41+/m1/s1. The minimum Gasteiger partial charge on any atom is -0.508 e. The van der Waals surface area contributed by atoms with Crippen LogP contribution in [0.15, 0.2) is 48.5 Å². The van der Waals surface area contributed by atoms with Gasteiger partial charge in [0.25, 0.3) is 0 Å². The second kappa shape index (κ2) is 17.0. The Bertz CT molecular complexity index is 1300. The number of rotatable bonds is 17. The minimum absolute atomic E-state index is 0.0799. The van der Waals surface area contributed by atoms with Crippen LogP contribution in [-0.4, -0.2) is 40.7 Å². The van der Waals surface area contributed by atoms with Crippen LogP contribution in [0.2, 0.25) is 0 Å². The predicted octanol–water partition coefficient (Wildman–Crippen LogP) is 7.99. The van der Waals surface area contributed by atoms with Gasteiger partial charge in [-0.3, -0.25) is 9.59 Å². The molecular formula is C41H60N2O4. The van der Waals surface area contributed by atoms with E-state index in [0.29, 0.717) is 48.8 Å². The Labute approximate surface area is 283 Å². The first-order chi connectivity index (χ1) is 22.8. The topological polar surface area (TPSA) is 98.7 Å². The molecule has 6 nitrogen and oxygen atoms in total. The highest BCUT2D eigenvalue weighted by molar-refractivity contribution is 5.87. The number of benzene rings is 2. The zero-order chi connectivity index (χ0) is 33.2. The maximum atomic E-state index is 12.8. The van der Waals surface area contributed by atoms with Crippen LogP contribution in [0.4, 0.5) is 0 Å². The average molecular weight is 645 g/mol. The highest BCUT2D eigenvalue weighted by Gasteiger charge is 2.56. The van der Waals surface area contributed by atoms with Crippen molar-refractivity contribution in [3.05, 3.63) is 65.2 Å². The van der Waals surface area contributed by atoms with Crippen LogP contribution in [0.1, 0.15) is 133 Å². The lowest BCUT2D eigenvalue weighted by Crippen LogP contribution is -2.48. The molecule has 0 unspecified atom stereocenters. The summed E-state index contributed by atoms with van der Waals surface area (Å²) in [7, 11) is 0. The molecule has 6 heteroatoms. The molecule has 258 valence electrons. The van der Waals surface area contributed by atoms with Crippen molar-refractivity contribution in [3.8, 4) is 5.75 Å².